The van der Waals surface area contributed by atoms with E-state index in [0.717, 1.165) is 5.92 Å². The lowest BCUT2D eigenvalue weighted by Crippen LogP contribution is -2.35. The minimum atomic E-state index is 0.721. The Kier molecular flexibility index (Phi) is 6.21. The standard InChI is InChI=1S/C24H30N2S/c1-27-22-12-13-24-23(16-22)20(17-25-24)10-5-6-14-26-15-7-11-21(18-26)19-8-3-2-4-9-19/h2-4,8-9,12-13,16-17,21,25H,5-7,10-11,14-15,18H2,1H3. The van der Waals surface area contributed by atoms with E-state index in [-0.39, 0.29) is 0 Å². The van der Waals surface area contributed by atoms with E-state index in [0.29, 0.717) is 0 Å². The van der Waals surface area contributed by atoms with Crippen molar-refractivity contribution >= 4 is 22.7 Å². The van der Waals surface area contributed by atoms with E-state index >= 15 is 0 Å². The highest BCUT2D eigenvalue weighted by molar-refractivity contribution is 7.98. The van der Waals surface area contributed by atoms with E-state index in [9.17, 15) is 0 Å². The summed E-state index contributed by atoms with van der Waals surface area (Å²) in [6.07, 6.45) is 10.8. The van der Waals surface area contributed by atoms with Gasteiger partial charge in [0, 0.05) is 28.5 Å². The molecule has 1 atom stereocenters. The molecule has 3 heteroatoms. The molecule has 0 saturated carbocycles. The Bertz CT molecular complexity index is 855. The molecule has 1 aliphatic heterocycles. The van der Waals surface area contributed by atoms with Crippen LogP contribution in [-0.4, -0.2) is 35.8 Å². The summed E-state index contributed by atoms with van der Waals surface area (Å²) in [4.78, 5) is 7.47. The van der Waals surface area contributed by atoms with Crippen molar-refractivity contribution in [2.45, 2.75) is 42.9 Å². The summed E-state index contributed by atoms with van der Waals surface area (Å²) in [7, 11) is 0. The van der Waals surface area contributed by atoms with Crippen LogP contribution in [0.4, 0.5) is 0 Å². The first-order valence-corrected chi connectivity index (χ1v) is 11.5. The molecule has 0 bridgehead atoms. The zero-order chi connectivity index (χ0) is 18.5. The summed E-state index contributed by atoms with van der Waals surface area (Å²) in [5.74, 6) is 0.721. The van der Waals surface area contributed by atoms with Gasteiger partial charge in [-0.15, -0.1) is 11.8 Å². The largest absolute Gasteiger partial charge is 0.361 e. The van der Waals surface area contributed by atoms with Crippen molar-refractivity contribution in [2.24, 2.45) is 0 Å². The average molecular weight is 379 g/mol. The summed E-state index contributed by atoms with van der Waals surface area (Å²) < 4.78 is 0. The molecule has 4 rings (SSSR count). The van der Waals surface area contributed by atoms with Crippen LogP contribution in [0.1, 0.15) is 42.7 Å². The van der Waals surface area contributed by atoms with Crippen LogP contribution in [0.5, 0.6) is 0 Å². The topological polar surface area (TPSA) is 19.0 Å². The lowest BCUT2D eigenvalue weighted by molar-refractivity contribution is 0.204. The molecule has 1 saturated heterocycles. The molecular weight excluding hydrogens is 348 g/mol. The van der Waals surface area contributed by atoms with Crippen LogP contribution >= 0.6 is 11.8 Å². The first-order valence-electron chi connectivity index (χ1n) is 10.2. The van der Waals surface area contributed by atoms with Gasteiger partial charge in [0.25, 0.3) is 0 Å². The molecule has 2 heterocycles. The number of hydrogen-bond acceptors (Lipinski definition) is 2. The second-order valence-electron chi connectivity index (χ2n) is 7.73. The molecule has 0 amide bonds. The number of piperidine rings is 1. The van der Waals surface area contributed by atoms with Crippen molar-refractivity contribution in [1.82, 2.24) is 9.88 Å². The highest BCUT2D eigenvalue weighted by Gasteiger charge is 2.20. The van der Waals surface area contributed by atoms with Gasteiger partial charge in [0.2, 0.25) is 0 Å². The van der Waals surface area contributed by atoms with Gasteiger partial charge in [0.15, 0.2) is 0 Å². The second-order valence-corrected chi connectivity index (χ2v) is 8.61. The third kappa shape index (κ3) is 4.59. The molecule has 27 heavy (non-hydrogen) atoms. The van der Waals surface area contributed by atoms with Gasteiger partial charge in [-0.1, -0.05) is 30.3 Å². The molecule has 2 aromatic carbocycles. The van der Waals surface area contributed by atoms with Gasteiger partial charge >= 0.3 is 0 Å². The quantitative estimate of drug-likeness (QED) is 0.396. The summed E-state index contributed by atoms with van der Waals surface area (Å²) in [5.41, 5.74) is 4.26. The number of benzene rings is 2. The fourth-order valence-electron chi connectivity index (χ4n) is 4.40. The number of fused-ring (bicyclic) bond motifs is 1. The van der Waals surface area contributed by atoms with E-state index in [2.05, 4.69) is 70.9 Å². The zero-order valence-corrected chi connectivity index (χ0v) is 17.1. The number of thioether (sulfide) groups is 1. The normalized spacial score (nSPS) is 18.2. The molecule has 0 spiro atoms. The van der Waals surface area contributed by atoms with Crippen molar-refractivity contribution in [3.63, 3.8) is 0 Å². The average Bonchev–Trinajstić information content (AvgIpc) is 3.14. The van der Waals surface area contributed by atoms with Crippen LogP contribution in [0.15, 0.2) is 59.6 Å². The number of aryl methyl sites for hydroxylation is 1. The smallest absolute Gasteiger partial charge is 0.0457 e. The van der Waals surface area contributed by atoms with Crippen molar-refractivity contribution < 1.29 is 0 Å². The van der Waals surface area contributed by atoms with E-state index < -0.39 is 0 Å². The Hall–Kier alpha value is -1.71. The molecule has 1 unspecified atom stereocenters. The first-order chi connectivity index (χ1) is 13.3. The number of aromatic amines is 1. The molecule has 1 fully saturated rings. The van der Waals surface area contributed by atoms with E-state index in [1.54, 1.807) is 0 Å². The van der Waals surface area contributed by atoms with E-state index in [4.69, 9.17) is 0 Å². The Labute approximate surface area is 167 Å². The molecule has 1 N–H and O–H groups in total. The zero-order valence-electron chi connectivity index (χ0n) is 16.3. The summed E-state index contributed by atoms with van der Waals surface area (Å²) in [6, 6.07) is 17.8. The van der Waals surface area contributed by atoms with Crippen molar-refractivity contribution in [3.8, 4) is 0 Å². The van der Waals surface area contributed by atoms with E-state index in [1.165, 1.54) is 78.7 Å². The predicted molar refractivity (Wildman–Crippen MR) is 118 cm³/mol. The fraction of sp³-hybridized carbons (Fsp3) is 0.417. The third-order valence-corrected chi connectivity index (χ3v) is 6.65. The van der Waals surface area contributed by atoms with Gasteiger partial charge in [-0.3, -0.25) is 0 Å². The van der Waals surface area contributed by atoms with Crippen LogP contribution in [-0.2, 0) is 6.42 Å². The lowest BCUT2D eigenvalue weighted by atomic mass is 9.90. The second kappa shape index (κ2) is 8.99. The highest BCUT2D eigenvalue weighted by Crippen LogP contribution is 2.28. The van der Waals surface area contributed by atoms with Crippen molar-refractivity contribution in [1.29, 1.82) is 0 Å². The Morgan fingerprint density at radius 3 is 2.85 bits per heavy atom. The van der Waals surface area contributed by atoms with Gasteiger partial charge in [0.05, 0.1) is 0 Å². The highest BCUT2D eigenvalue weighted by atomic mass is 32.2. The van der Waals surface area contributed by atoms with Gasteiger partial charge in [-0.05, 0) is 86.7 Å². The van der Waals surface area contributed by atoms with Gasteiger partial charge < -0.3 is 9.88 Å². The number of rotatable bonds is 7. The number of nitrogens with zero attached hydrogens (tertiary/aromatic N) is 1. The number of aromatic nitrogens is 1. The minimum Gasteiger partial charge on any atom is -0.361 e. The fourth-order valence-corrected chi connectivity index (χ4v) is 4.84. The summed E-state index contributed by atoms with van der Waals surface area (Å²) in [6.45, 7) is 3.74. The van der Waals surface area contributed by atoms with Crippen LogP contribution in [0, 0.1) is 0 Å². The molecular formula is C24H30N2S. The molecule has 0 radical (unpaired) electrons. The monoisotopic (exact) mass is 378 g/mol. The molecule has 0 aliphatic carbocycles. The molecule has 142 valence electrons. The number of H-pyrrole nitrogens is 1. The number of nitrogens with one attached hydrogen (secondary N) is 1. The first kappa shape index (κ1) is 18.6. The van der Waals surface area contributed by atoms with Crippen LogP contribution in [0.3, 0.4) is 0 Å². The maximum atomic E-state index is 3.43. The predicted octanol–water partition coefficient (Wildman–Crippen LogP) is 6.09. The van der Waals surface area contributed by atoms with E-state index in [1.807, 2.05) is 11.8 Å². The van der Waals surface area contributed by atoms with Gasteiger partial charge in [0.1, 0.15) is 0 Å². The Balaban J connectivity index is 1.28. The number of hydrogen-bond donors (Lipinski definition) is 1. The molecule has 3 aromatic rings. The Morgan fingerprint density at radius 2 is 2.00 bits per heavy atom. The third-order valence-electron chi connectivity index (χ3n) is 5.92. The number of likely N-dealkylation sites (tertiary alicyclic amines) is 1. The van der Waals surface area contributed by atoms with Crippen molar-refractivity contribution in [2.75, 3.05) is 25.9 Å². The maximum absolute atomic E-state index is 3.43. The minimum absolute atomic E-state index is 0.721. The lowest BCUT2D eigenvalue weighted by Gasteiger charge is -2.33. The summed E-state index contributed by atoms with van der Waals surface area (Å²) in [5, 5.41) is 1.41. The SMILES string of the molecule is CSc1ccc2[nH]cc(CCCCN3CCCC(c4ccccc4)C3)c2c1. The van der Waals surface area contributed by atoms with Crippen LogP contribution in [0.2, 0.25) is 0 Å². The van der Waals surface area contributed by atoms with Crippen molar-refractivity contribution in [3.05, 3.63) is 65.9 Å². The van der Waals surface area contributed by atoms with Gasteiger partial charge in [-0.2, -0.15) is 0 Å². The van der Waals surface area contributed by atoms with Crippen LogP contribution in [0.25, 0.3) is 10.9 Å². The maximum Gasteiger partial charge on any atom is 0.0457 e. The summed E-state index contributed by atoms with van der Waals surface area (Å²) >= 11 is 1.82. The molecule has 1 aromatic heterocycles. The Morgan fingerprint density at radius 1 is 1.11 bits per heavy atom. The molecule has 2 nitrogen and oxygen atoms in total. The number of unbranched alkanes of at least 4 members (excludes halogenated alkanes) is 1. The molecule has 1 aliphatic rings. The van der Waals surface area contributed by atoms with Crippen LogP contribution < -0.4 is 0 Å². The van der Waals surface area contributed by atoms with Gasteiger partial charge in [-0.25, -0.2) is 0 Å².